The molecule has 1 N–H and O–H groups in total. The van der Waals surface area contributed by atoms with E-state index < -0.39 is 0 Å². The number of amides is 1. The minimum Gasteiger partial charge on any atom is -0.381 e. The van der Waals surface area contributed by atoms with Crippen LogP contribution in [0.4, 0.5) is 5.00 Å². The minimum absolute atomic E-state index is 0.294. The van der Waals surface area contributed by atoms with E-state index in [2.05, 4.69) is 53.5 Å². The molecule has 0 aliphatic carbocycles. The Kier molecular flexibility index (Phi) is 7.44. The summed E-state index contributed by atoms with van der Waals surface area (Å²) in [6, 6.07) is 14.9. The van der Waals surface area contributed by atoms with Crippen LogP contribution in [0.5, 0.6) is 0 Å². The normalized spacial score (nSPS) is 16.9. The first-order valence-corrected chi connectivity index (χ1v) is 10.7. The third-order valence-corrected chi connectivity index (χ3v) is 6.56. The van der Waals surface area contributed by atoms with Gasteiger partial charge in [-0.3, -0.25) is 9.69 Å². The van der Waals surface area contributed by atoms with Gasteiger partial charge < -0.3 is 10.1 Å². The first-order valence-electron chi connectivity index (χ1n) is 9.86. The number of rotatable bonds is 10. The van der Waals surface area contributed by atoms with Crippen molar-refractivity contribution in [3.05, 3.63) is 52.9 Å². The molecule has 1 aromatic carbocycles. The molecule has 2 heterocycles. The summed E-state index contributed by atoms with van der Waals surface area (Å²) in [6.07, 6.45) is 5.43. The van der Waals surface area contributed by atoms with Crippen molar-refractivity contribution in [2.45, 2.75) is 39.2 Å². The van der Waals surface area contributed by atoms with E-state index in [1.165, 1.54) is 29.7 Å². The Morgan fingerprint density at radius 3 is 2.67 bits per heavy atom. The number of aryl methyl sites for hydroxylation is 1. The quantitative estimate of drug-likeness (QED) is 0.608. The second kappa shape index (κ2) is 10.0. The Morgan fingerprint density at radius 1 is 1.19 bits per heavy atom. The van der Waals surface area contributed by atoms with Gasteiger partial charge in [-0.25, -0.2) is 0 Å². The number of ether oxygens (including phenoxy) is 1. The number of piperidine rings is 1. The number of hydrogen-bond donors (Lipinski definition) is 1. The van der Waals surface area contributed by atoms with E-state index in [0.29, 0.717) is 5.41 Å². The molecule has 1 aliphatic rings. The van der Waals surface area contributed by atoms with Gasteiger partial charge in [0, 0.05) is 18.0 Å². The molecule has 0 unspecified atom stereocenters. The summed E-state index contributed by atoms with van der Waals surface area (Å²) < 4.78 is 5.89. The second-order valence-electron chi connectivity index (χ2n) is 7.43. The Labute approximate surface area is 166 Å². The zero-order valence-electron chi connectivity index (χ0n) is 16.2. The number of hydrogen-bond acceptors (Lipinski definition) is 4. The number of nitrogens with one attached hydrogen (secondary N) is 1. The monoisotopic (exact) mass is 386 g/mol. The van der Waals surface area contributed by atoms with Crippen molar-refractivity contribution < 1.29 is 9.53 Å². The molecule has 1 fully saturated rings. The van der Waals surface area contributed by atoms with Gasteiger partial charge in [-0.2, -0.15) is 0 Å². The maximum absolute atomic E-state index is 10.6. The second-order valence-corrected chi connectivity index (χ2v) is 8.60. The zero-order valence-corrected chi connectivity index (χ0v) is 17.0. The van der Waals surface area contributed by atoms with Crippen LogP contribution in [0.15, 0.2) is 42.5 Å². The highest BCUT2D eigenvalue weighted by Gasteiger charge is 2.34. The predicted molar refractivity (Wildman–Crippen MR) is 112 cm³/mol. The van der Waals surface area contributed by atoms with Gasteiger partial charge in [0.05, 0.1) is 11.6 Å². The summed E-state index contributed by atoms with van der Waals surface area (Å²) in [6.45, 7) is 6.93. The lowest BCUT2D eigenvalue weighted by molar-refractivity contribution is -0.105. The molecule has 5 heteroatoms. The van der Waals surface area contributed by atoms with Crippen molar-refractivity contribution in [2.75, 3.05) is 31.6 Å². The molecule has 1 aliphatic heterocycles. The molecule has 0 radical (unpaired) electrons. The van der Waals surface area contributed by atoms with Gasteiger partial charge in [0.2, 0.25) is 6.41 Å². The van der Waals surface area contributed by atoms with Gasteiger partial charge in [-0.15, -0.1) is 11.3 Å². The first kappa shape index (κ1) is 20.1. The molecular formula is C22H30N2O2S. The van der Waals surface area contributed by atoms with E-state index in [9.17, 15) is 4.79 Å². The number of likely N-dealkylation sites (tertiary alicyclic amines) is 1. The molecule has 146 valence electrons. The van der Waals surface area contributed by atoms with Gasteiger partial charge in [0.1, 0.15) is 0 Å². The van der Waals surface area contributed by atoms with Crippen molar-refractivity contribution in [2.24, 2.45) is 5.41 Å². The summed E-state index contributed by atoms with van der Waals surface area (Å²) in [5.41, 5.74) is 1.71. The molecule has 1 saturated heterocycles. The maximum atomic E-state index is 10.6. The van der Waals surface area contributed by atoms with Gasteiger partial charge in [0.25, 0.3) is 0 Å². The van der Waals surface area contributed by atoms with E-state index in [1.807, 2.05) is 6.07 Å². The number of anilines is 1. The third kappa shape index (κ3) is 5.89. The van der Waals surface area contributed by atoms with Gasteiger partial charge in [-0.05, 0) is 68.8 Å². The zero-order chi connectivity index (χ0) is 19.0. The van der Waals surface area contributed by atoms with Crippen LogP contribution < -0.4 is 5.32 Å². The number of carbonyl (C=O) groups excluding carboxylic acids is 1. The fourth-order valence-electron chi connectivity index (χ4n) is 3.84. The number of nitrogens with zero attached hydrogens (tertiary/aromatic N) is 1. The Hall–Kier alpha value is -1.69. The Morgan fingerprint density at radius 2 is 1.96 bits per heavy atom. The molecule has 1 aromatic heterocycles. The van der Waals surface area contributed by atoms with Gasteiger partial charge in [0.15, 0.2) is 0 Å². The highest BCUT2D eigenvalue weighted by atomic mass is 32.1. The molecule has 0 saturated carbocycles. The predicted octanol–water partition coefficient (Wildman–Crippen LogP) is 4.57. The summed E-state index contributed by atoms with van der Waals surface area (Å²) in [5.74, 6) is 0. The molecule has 27 heavy (non-hydrogen) atoms. The van der Waals surface area contributed by atoms with Gasteiger partial charge >= 0.3 is 0 Å². The van der Waals surface area contributed by atoms with Crippen LogP contribution in [0, 0.1) is 5.41 Å². The van der Waals surface area contributed by atoms with E-state index in [0.717, 1.165) is 50.7 Å². The van der Waals surface area contributed by atoms with Crippen LogP contribution in [0.2, 0.25) is 0 Å². The van der Waals surface area contributed by atoms with Crippen LogP contribution in [0.3, 0.4) is 0 Å². The van der Waals surface area contributed by atoms with Crippen LogP contribution >= 0.6 is 11.3 Å². The Balaban J connectivity index is 1.54. The van der Waals surface area contributed by atoms with E-state index in [-0.39, 0.29) is 0 Å². The van der Waals surface area contributed by atoms with Crippen molar-refractivity contribution in [3.8, 4) is 0 Å². The average molecular weight is 387 g/mol. The molecule has 3 rings (SSSR count). The highest BCUT2D eigenvalue weighted by molar-refractivity contribution is 7.16. The average Bonchev–Trinajstić information content (AvgIpc) is 3.15. The lowest BCUT2D eigenvalue weighted by atomic mass is 9.74. The van der Waals surface area contributed by atoms with E-state index in [1.54, 1.807) is 11.3 Å². The summed E-state index contributed by atoms with van der Waals surface area (Å²) >= 11 is 1.66. The topological polar surface area (TPSA) is 41.6 Å². The maximum Gasteiger partial charge on any atom is 0.212 e. The minimum atomic E-state index is 0.294. The smallest absolute Gasteiger partial charge is 0.212 e. The van der Waals surface area contributed by atoms with E-state index >= 15 is 0 Å². The fourth-order valence-corrected chi connectivity index (χ4v) is 4.75. The summed E-state index contributed by atoms with van der Waals surface area (Å²) in [7, 11) is 0. The lowest BCUT2D eigenvalue weighted by Gasteiger charge is -2.42. The van der Waals surface area contributed by atoms with Crippen LogP contribution in [-0.4, -0.2) is 37.6 Å². The van der Waals surface area contributed by atoms with Crippen molar-refractivity contribution >= 4 is 22.7 Å². The van der Waals surface area contributed by atoms with Crippen LogP contribution in [0.25, 0.3) is 0 Å². The largest absolute Gasteiger partial charge is 0.381 e. The first-order chi connectivity index (χ1) is 13.2. The van der Waals surface area contributed by atoms with Crippen LogP contribution in [0.1, 0.15) is 36.6 Å². The molecule has 4 nitrogen and oxygen atoms in total. The third-order valence-electron chi connectivity index (χ3n) is 5.56. The number of carbonyl (C=O) groups is 1. The molecule has 1 amide bonds. The summed E-state index contributed by atoms with van der Waals surface area (Å²) in [5, 5.41) is 3.66. The SMILES string of the molecule is CCOCC1(CCc2ccccc2)CCN(Cc2ccc(NC=O)s2)CC1. The molecule has 0 atom stereocenters. The van der Waals surface area contributed by atoms with Crippen molar-refractivity contribution in [1.82, 2.24) is 4.90 Å². The van der Waals surface area contributed by atoms with Gasteiger partial charge in [-0.1, -0.05) is 30.3 Å². The van der Waals surface area contributed by atoms with E-state index in [4.69, 9.17) is 4.74 Å². The number of thiophene rings is 1. The van der Waals surface area contributed by atoms with Crippen molar-refractivity contribution in [1.29, 1.82) is 0 Å². The molecule has 0 spiro atoms. The van der Waals surface area contributed by atoms with Crippen molar-refractivity contribution in [3.63, 3.8) is 0 Å². The highest BCUT2D eigenvalue weighted by Crippen LogP contribution is 2.37. The fraction of sp³-hybridized carbons (Fsp3) is 0.500. The molecule has 2 aromatic rings. The number of benzene rings is 1. The van der Waals surface area contributed by atoms with Crippen LogP contribution in [-0.2, 0) is 22.5 Å². The standard InChI is InChI=1S/C22H30N2O2S/c1-2-26-17-22(11-10-19-6-4-3-5-7-19)12-14-24(15-13-22)16-20-8-9-21(27-20)23-18-25/h3-9,18H,2,10-17H2,1H3,(H,23,25). The lowest BCUT2D eigenvalue weighted by Crippen LogP contribution is -2.42. The Bertz CT molecular complexity index is 693. The summed E-state index contributed by atoms with van der Waals surface area (Å²) in [4.78, 5) is 14.4. The molecule has 0 bridgehead atoms. The molecular weight excluding hydrogens is 356 g/mol.